The number of oxazole rings is 1. The van der Waals surface area contributed by atoms with Gasteiger partial charge in [0.15, 0.2) is 5.58 Å². The number of anilines is 3. The summed E-state index contributed by atoms with van der Waals surface area (Å²) in [5.74, 6) is 0.694. The van der Waals surface area contributed by atoms with Gasteiger partial charge < -0.3 is 29.8 Å². The number of carbonyl (C=O) groups is 1. The van der Waals surface area contributed by atoms with Crippen molar-refractivity contribution in [2.45, 2.75) is 6.61 Å². The lowest BCUT2D eigenvalue weighted by Gasteiger charge is -2.26. The van der Waals surface area contributed by atoms with Crippen molar-refractivity contribution in [2.75, 3.05) is 55.3 Å². The molecule has 1 saturated heterocycles. The number of hydrogen-bond donors (Lipinski definition) is 3. The van der Waals surface area contributed by atoms with Gasteiger partial charge in [-0.15, -0.1) is 0 Å². The van der Waals surface area contributed by atoms with Crippen LogP contribution in [0.2, 0.25) is 0 Å². The van der Waals surface area contributed by atoms with Crippen LogP contribution in [0.3, 0.4) is 0 Å². The highest BCUT2D eigenvalue weighted by molar-refractivity contribution is 9.10. The van der Waals surface area contributed by atoms with E-state index in [1.165, 1.54) is 0 Å². The van der Waals surface area contributed by atoms with Gasteiger partial charge in [-0.05, 0) is 54.1 Å². The lowest BCUT2D eigenvalue weighted by Crippen LogP contribution is -2.39. The molecular formula is C27H28BrN5O4. The van der Waals surface area contributed by atoms with Gasteiger partial charge in [0, 0.05) is 48.1 Å². The predicted molar refractivity (Wildman–Crippen MR) is 147 cm³/mol. The van der Waals surface area contributed by atoms with Crippen molar-refractivity contribution in [3.63, 3.8) is 0 Å². The van der Waals surface area contributed by atoms with Crippen LogP contribution in [0.4, 0.5) is 22.2 Å². The molecule has 0 radical (unpaired) electrons. The van der Waals surface area contributed by atoms with E-state index in [-0.39, 0.29) is 6.03 Å². The normalized spacial score (nSPS) is 13.9. The van der Waals surface area contributed by atoms with Gasteiger partial charge in [-0.2, -0.15) is 4.98 Å². The van der Waals surface area contributed by atoms with Crippen LogP contribution in [-0.4, -0.2) is 55.3 Å². The van der Waals surface area contributed by atoms with Crippen molar-refractivity contribution < 1.29 is 18.7 Å². The van der Waals surface area contributed by atoms with Gasteiger partial charge in [-0.25, -0.2) is 4.79 Å². The maximum atomic E-state index is 12.2. The number of amides is 2. The van der Waals surface area contributed by atoms with Gasteiger partial charge in [0.25, 0.3) is 6.01 Å². The summed E-state index contributed by atoms with van der Waals surface area (Å²) in [6.07, 6.45) is 0. The molecule has 1 aromatic heterocycles. The van der Waals surface area contributed by atoms with E-state index in [0.717, 1.165) is 54.9 Å². The summed E-state index contributed by atoms with van der Waals surface area (Å²) < 4.78 is 18.1. The number of aromatic nitrogens is 1. The van der Waals surface area contributed by atoms with E-state index in [1.54, 1.807) is 0 Å². The van der Waals surface area contributed by atoms with Crippen LogP contribution >= 0.6 is 15.9 Å². The van der Waals surface area contributed by atoms with E-state index in [1.807, 2.05) is 66.7 Å². The maximum Gasteiger partial charge on any atom is 0.323 e. The van der Waals surface area contributed by atoms with E-state index < -0.39 is 0 Å². The number of nitrogens with zero attached hydrogens (tertiary/aromatic N) is 2. The van der Waals surface area contributed by atoms with E-state index in [4.69, 9.17) is 13.9 Å². The van der Waals surface area contributed by atoms with Crippen molar-refractivity contribution in [1.82, 2.24) is 9.88 Å². The zero-order valence-corrected chi connectivity index (χ0v) is 21.8. The third kappa shape index (κ3) is 7.22. The van der Waals surface area contributed by atoms with E-state index in [2.05, 4.69) is 41.8 Å². The molecule has 0 aliphatic carbocycles. The molecule has 0 spiro atoms. The third-order valence-corrected chi connectivity index (χ3v) is 6.42. The summed E-state index contributed by atoms with van der Waals surface area (Å²) in [4.78, 5) is 19.1. The second-order valence-corrected chi connectivity index (χ2v) is 9.52. The van der Waals surface area contributed by atoms with Crippen LogP contribution in [0.5, 0.6) is 5.75 Å². The largest absolute Gasteiger partial charge is 0.489 e. The first-order valence-corrected chi connectivity index (χ1v) is 12.9. The molecule has 2 heterocycles. The van der Waals surface area contributed by atoms with Gasteiger partial charge in [0.2, 0.25) is 0 Å². The summed E-state index contributed by atoms with van der Waals surface area (Å²) >= 11 is 3.38. The highest BCUT2D eigenvalue weighted by Crippen LogP contribution is 2.24. The van der Waals surface area contributed by atoms with Crippen molar-refractivity contribution in [2.24, 2.45) is 0 Å². The van der Waals surface area contributed by atoms with Gasteiger partial charge in [0.1, 0.15) is 17.9 Å². The minimum Gasteiger partial charge on any atom is -0.489 e. The Bertz CT molecular complexity index is 1320. The Morgan fingerprint density at radius 1 is 0.973 bits per heavy atom. The lowest BCUT2D eigenvalue weighted by atomic mass is 10.2. The van der Waals surface area contributed by atoms with Crippen LogP contribution in [-0.2, 0) is 11.3 Å². The number of nitrogens with one attached hydrogen (secondary N) is 3. The molecule has 3 aromatic carbocycles. The van der Waals surface area contributed by atoms with E-state index >= 15 is 0 Å². The second kappa shape index (κ2) is 12.1. The summed E-state index contributed by atoms with van der Waals surface area (Å²) in [6, 6.07) is 20.7. The van der Waals surface area contributed by atoms with Gasteiger partial charge >= 0.3 is 6.03 Å². The topological polar surface area (TPSA) is 101 Å². The summed E-state index contributed by atoms with van der Waals surface area (Å²) in [7, 11) is 0. The standard InChI is InChI=1S/C27H28BrN5O4/c28-20-3-7-22(8-4-20)31-26(34)30-21-5-1-19(2-6-21)18-36-23-9-10-24-25(17-23)37-27(32-24)29-11-12-33-13-15-35-16-14-33/h1-10,17H,11-16,18H2,(H,29,32)(H2,30,31,34). The van der Waals surface area contributed by atoms with E-state index in [9.17, 15) is 4.79 Å². The molecule has 1 fully saturated rings. The van der Waals surface area contributed by atoms with E-state index in [0.29, 0.717) is 35.3 Å². The molecule has 10 heteroatoms. The molecule has 2 amide bonds. The number of benzene rings is 3. The molecular weight excluding hydrogens is 538 g/mol. The molecule has 37 heavy (non-hydrogen) atoms. The average Bonchev–Trinajstić information content (AvgIpc) is 3.32. The lowest BCUT2D eigenvalue weighted by molar-refractivity contribution is 0.0398. The molecule has 192 valence electrons. The molecule has 5 rings (SSSR count). The number of ether oxygens (including phenoxy) is 2. The van der Waals surface area contributed by atoms with Crippen LogP contribution in [0.1, 0.15) is 5.56 Å². The summed E-state index contributed by atoms with van der Waals surface area (Å²) in [5, 5.41) is 8.88. The molecule has 0 atom stereocenters. The van der Waals surface area contributed by atoms with Gasteiger partial charge in [0.05, 0.1) is 13.2 Å². The van der Waals surface area contributed by atoms with Crippen LogP contribution in [0, 0.1) is 0 Å². The summed E-state index contributed by atoms with van der Waals surface area (Å²) in [6.45, 7) is 5.55. The number of urea groups is 1. The number of halogens is 1. The Balaban J connectivity index is 1.09. The Labute approximate surface area is 223 Å². The molecule has 3 N–H and O–H groups in total. The number of carbonyl (C=O) groups excluding carboxylic acids is 1. The fraction of sp³-hybridized carbons (Fsp3) is 0.259. The smallest absolute Gasteiger partial charge is 0.323 e. The molecule has 9 nitrogen and oxygen atoms in total. The van der Waals surface area contributed by atoms with Crippen LogP contribution < -0.4 is 20.7 Å². The number of rotatable bonds is 9. The first-order valence-electron chi connectivity index (χ1n) is 12.1. The number of morpholine rings is 1. The Morgan fingerprint density at radius 2 is 1.68 bits per heavy atom. The first-order chi connectivity index (χ1) is 18.1. The predicted octanol–water partition coefficient (Wildman–Crippen LogP) is 5.56. The van der Waals surface area contributed by atoms with Crippen LogP contribution in [0.15, 0.2) is 75.6 Å². The zero-order valence-electron chi connectivity index (χ0n) is 20.2. The number of hydrogen-bond acceptors (Lipinski definition) is 7. The maximum absolute atomic E-state index is 12.2. The average molecular weight is 566 g/mol. The van der Waals surface area contributed by atoms with Crippen molar-refractivity contribution in [1.29, 1.82) is 0 Å². The highest BCUT2D eigenvalue weighted by Gasteiger charge is 2.11. The van der Waals surface area contributed by atoms with Crippen molar-refractivity contribution >= 4 is 50.5 Å². The highest BCUT2D eigenvalue weighted by atomic mass is 79.9. The third-order valence-electron chi connectivity index (χ3n) is 5.89. The summed E-state index contributed by atoms with van der Waals surface area (Å²) in [5.41, 5.74) is 3.82. The van der Waals surface area contributed by atoms with Crippen LogP contribution in [0.25, 0.3) is 11.1 Å². The molecule has 0 saturated carbocycles. The monoisotopic (exact) mass is 565 g/mol. The number of fused-ring (bicyclic) bond motifs is 1. The Kier molecular flexibility index (Phi) is 8.19. The molecule has 0 bridgehead atoms. The molecule has 1 aliphatic heterocycles. The fourth-order valence-electron chi connectivity index (χ4n) is 3.89. The van der Waals surface area contributed by atoms with Gasteiger partial charge in [-0.3, -0.25) is 4.90 Å². The quantitative estimate of drug-likeness (QED) is 0.244. The molecule has 0 unspecified atom stereocenters. The SMILES string of the molecule is O=C(Nc1ccc(Br)cc1)Nc1ccc(COc2ccc3nc(NCCN4CCOCC4)oc3c2)cc1. The Hall–Kier alpha value is -3.60. The zero-order chi connectivity index (χ0) is 25.5. The Morgan fingerprint density at radius 3 is 2.41 bits per heavy atom. The van der Waals surface area contributed by atoms with Crippen molar-refractivity contribution in [3.8, 4) is 5.75 Å². The minimum absolute atomic E-state index is 0.304. The molecule has 4 aromatic rings. The molecule has 1 aliphatic rings. The second-order valence-electron chi connectivity index (χ2n) is 8.60. The van der Waals surface area contributed by atoms with Gasteiger partial charge in [-0.1, -0.05) is 28.1 Å². The minimum atomic E-state index is -0.304. The first kappa shape index (κ1) is 25.1. The van der Waals surface area contributed by atoms with Crippen molar-refractivity contribution in [3.05, 3.63) is 76.8 Å². The fourth-order valence-corrected chi connectivity index (χ4v) is 4.16.